The molecular weight excluding hydrogens is 214 g/mol. The summed E-state index contributed by atoms with van der Waals surface area (Å²) in [6.45, 7) is 2.92. The van der Waals surface area contributed by atoms with E-state index in [1.165, 1.54) is 32.1 Å². The Balaban J connectivity index is 2.11. The molecule has 4 heteroatoms. The lowest BCUT2D eigenvalue weighted by atomic mass is 10.1. The Kier molecular flexibility index (Phi) is 6.22. The molecule has 0 aliphatic rings. The van der Waals surface area contributed by atoms with Gasteiger partial charge in [0.05, 0.1) is 12.3 Å². The van der Waals surface area contributed by atoms with Crippen LogP contribution in [0.15, 0.2) is 12.1 Å². The average Bonchev–Trinajstić information content (AvgIpc) is 2.32. The van der Waals surface area contributed by atoms with E-state index in [0.29, 0.717) is 24.0 Å². The standard InChI is InChI=1S/C13H23N3O/c1-2-3-4-5-6-7-10-17-12-9-8-11(14)13(15)16-12/h8-9H,2-7,10,14H2,1H3,(H2,15,16). The van der Waals surface area contributed by atoms with Crippen LogP contribution >= 0.6 is 0 Å². The smallest absolute Gasteiger partial charge is 0.215 e. The van der Waals surface area contributed by atoms with E-state index in [1.807, 2.05) is 0 Å². The highest BCUT2D eigenvalue weighted by Gasteiger charge is 1.99. The molecule has 1 aromatic rings. The first-order valence-electron chi connectivity index (χ1n) is 6.39. The second kappa shape index (κ2) is 7.76. The maximum absolute atomic E-state index is 5.59. The number of nitrogen functional groups attached to an aromatic ring is 2. The summed E-state index contributed by atoms with van der Waals surface area (Å²) < 4.78 is 5.50. The number of anilines is 2. The SMILES string of the molecule is CCCCCCCCOc1ccc(N)c(N)n1. The predicted octanol–water partition coefficient (Wildman–Crippen LogP) is 2.99. The molecule has 96 valence electrons. The number of hydrogen-bond acceptors (Lipinski definition) is 4. The number of hydrogen-bond donors (Lipinski definition) is 2. The summed E-state index contributed by atoms with van der Waals surface area (Å²) in [7, 11) is 0. The summed E-state index contributed by atoms with van der Waals surface area (Å²) in [5, 5.41) is 0. The van der Waals surface area contributed by atoms with E-state index in [1.54, 1.807) is 12.1 Å². The third-order valence-electron chi connectivity index (χ3n) is 2.68. The fourth-order valence-electron chi connectivity index (χ4n) is 1.61. The Hall–Kier alpha value is -1.45. The van der Waals surface area contributed by atoms with Crippen LogP contribution < -0.4 is 16.2 Å². The number of nitrogens with two attached hydrogens (primary N) is 2. The van der Waals surface area contributed by atoms with E-state index in [4.69, 9.17) is 16.2 Å². The van der Waals surface area contributed by atoms with Crippen molar-refractivity contribution in [1.82, 2.24) is 4.98 Å². The molecule has 0 unspecified atom stereocenters. The first-order valence-corrected chi connectivity index (χ1v) is 6.39. The monoisotopic (exact) mass is 237 g/mol. The van der Waals surface area contributed by atoms with Crippen LogP contribution in [0.2, 0.25) is 0 Å². The molecule has 0 bridgehead atoms. The summed E-state index contributed by atoms with van der Waals surface area (Å²) in [4.78, 5) is 4.05. The lowest BCUT2D eigenvalue weighted by Gasteiger charge is -2.06. The van der Waals surface area contributed by atoms with E-state index in [0.717, 1.165) is 6.42 Å². The Morgan fingerprint density at radius 1 is 1.06 bits per heavy atom. The Morgan fingerprint density at radius 2 is 1.76 bits per heavy atom. The van der Waals surface area contributed by atoms with Gasteiger partial charge >= 0.3 is 0 Å². The van der Waals surface area contributed by atoms with Gasteiger partial charge in [0, 0.05) is 6.07 Å². The molecule has 1 aromatic heterocycles. The fourth-order valence-corrected chi connectivity index (χ4v) is 1.61. The van der Waals surface area contributed by atoms with Crippen LogP contribution in [0.5, 0.6) is 5.88 Å². The first-order chi connectivity index (χ1) is 8.24. The van der Waals surface area contributed by atoms with Gasteiger partial charge in [-0.2, -0.15) is 4.98 Å². The van der Waals surface area contributed by atoms with Crippen LogP contribution in [0.25, 0.3) is 0 Å². The largest absolute Gasteiger partial charge is 0.478 e. The molecule has 1 rings (SSSR count). The summed E-state index contributed by atoms with van der Waals surface area (Å²) in [5.41, 5.74) is 11.7. The van der Waals surface area contributed by atoms with Crippen molar-refractivity contribution in [2.24, 2.45) is 0 Å². The molecule has 0 atom stereocenters. The highest BCUT2D eigenvalue weighted by atomic mass is 16.5. The number of unbranched alkanes of at least 4 members (excludes halogenated alkanes) is 5. The molecule has 0 spiro atoms. The van der Waals surface area contributed by atoms with Crippen LogP contribution in [-0.2, 0) is 0 Å². The topological polar surface area (TPSA) is 74.2 Å². The van der Waals surface area contributed by atoms with Crippen LogP contribution in [0.3, 0.4) is 0 Å². The molecule has 0 fully saturated rings. The third-order valence-corrected chi connectivity index (χ3v) is 2.68. The van der Waals surface area contributed by atoms with Crippen molar-refractivity contribution in [2.75, 3.05) is 18.1 Å². The van der Waals surface area contributed by atoms with Crippen molar-refractivity contribution in [3.8, 4) is 5.88 Å². The summed E-state index contributed by atoms with van der Waals surface area (Å²) in [6.07, 6.45) is 7.50. The van der Waals surface area contributed by atoms with E-state index >= 15 is 0 Å². The van der Waals surface area contributed by atoms with Gasteiger partial charge in [0.25, 0.3) is 0 Å². The zero-order valence-electron chi connectivity index (χ0n) is 10.6. The normalized spacial score (nSPS) is 10.4. The summed E-state index contributed by atoms with van der Waals surface area (Å²) >= 11 is 0. The number of aromatic nitrogens is 1. The van der Waals surface area contributed by atoms with Crippen molar-refractivity contribution >= 4 is 11.5 Å². The number of nitrogens with zero attached hydrogens (tertiary/aromatic N) is 1. The van der Waals surface area contributed by atoms with Crippen LogP contribution in [0.1, 0.15) is 45.4 Å². The van der Waals surface area contributed by atoms with E-state index in [2.05, 4.69) is 11.9 Å². The molecule has 0 saturated carbocycles. The molecule has 4 N–H and O–H groups in total. The maximum atomic E-state index is 5.59. The zero-order valence-corrected chi connectivity index (χ0v) is 10.6. The molecule has 17 heavy (non-hydrogen) atoms. The van der Waals surface area contributed by atoms with Gasteiger partial charge in [0.15, 0.2) is 5.82 Å². The van der Waals surface area contributed by atoms with E-state index < -0.39 is 0 Å². The molecular formula is C13H23N3O. The highest BCUT2D eigenvalue weighted by Crippen LogP contribution is 2.16. The summed E-state index contributed by atoms with van der Waals surface area (Å²) in [5.74, 6) is 0.899. The van der Waals surface area contributed by atoms with Crippen molar-refractivity contribution in [3.05, 3.63) is 12.1 Å². The van der Waals surface area contributed by atoms with Crippen molar-refractivity contribution in [2.45, 2.75) is 45.4 Å². The lowest BCUT2D eigenvalue weighted by Crippen LogP contribution is -2.03. The van der Waals surface area contributed by atoms with Crippen LogP contribution in [0.4, 0.5) is 11.5 Å². The second-order valence-electron chi connectivity index (χ2n) is 4.24. The van der Waals surface area contributed by atoms with Gasteiger partial charge in [-0.1, -0.05) is 39.0 Å². The van der Waals surface area contributed by atoms with Gasteiger partial charge < -0.3 is 16.2 Å². The number of rotatable bonds is 8. The van der Waals surface area contributed by atoms with Gasteiger partial charge in [-0.25, -0.2) is 0 Å². The Bertz CT molecular complexity index is 328. The molecule has 0 aliphatic carbocycles. The fraction of sp³-hybridized carbons (Fsp3) is 0.615. The number of pyridine rings is 1. The predicted molar refractivity (Wildman–Crippen MR) is 71.9 cm³/mol. The first kappa shape index (κ1) is 13.6. The zero-order chi connectivity index (χ0) is 12.5. The van der Waals surface area contributed by atoms with Crippen molar-refractivity contribution in [1.29, 1.82) is 0 Å². The van der Waals surface area contributed by atoms with Crippen molar-refractivity contribution in [3.63, 3.8) is 0 Å². The van der Waals surface area contributed by atoms with Gasteiger partial charge in [0.2, 0.25) is 5.88 Å². The van der Waals surface area contributed by atoms with E-state index in [-0.39, 0.29) is 0 Å². The average molecular weight is 237 g/mol. The minimum atomic E-state index is 0.338. The van der Waals surface area contributed by atoms with Crippen LogP contribution in [0, 0.1) is 0 Å². The Morgan fingerprint density at radius 3 is 2.47 bits per heavy atom. The minimum Gasteiger partial charge on any atom is -0.478 e. The van der Waals surface area contributed by atoms with Gasteiger partial charge in [-0.05, 0) is 12.5 Å². The van der Waals surface area contributed by atoms with Gasteiger partial charge in [-0.3, -0.25) is 0 Å². The molecule has 0 amide bonds. The van der Waals surface area contributed by atoms with Gasteiger partial charge in [0.1, 0.15) is 0 Å². The Labute approximate surface area is 103 Å². The number of ether oxygens (including phenoxy) is 1. The summed E-state index contributed by atoms with van der Waals surface area (Å²) in [6, 6.07) is 3.47. The highest BCUT2D eigenvalue weighted by molar-refractivity contribution is 5.58. The third kappa shape index (κ3) is 5.43. The maximum Gasteiger partial charge on any atom is 0.215 e. The van der Waals surface area contributed by atoms with Crippen molar-refractivity contribution < 1.29 is 4.74 Å². The molecule has 4 nitrogen and oxygen atoms in total. The molecule has 0 aliphatic heterocycles. The molecule has 0 aromatic carbocycles. The molecule has 0 saturated heterocycles. The van der Waals surface area contributed by atoms with Crippen LogP contribution in [-0.4, -0.2) is 11.6 Å². The molecule has 1 heterocycles. The quantitative estimate of drug-likeness (QED) is 0.682. The van der Waals surface area contributed by atoms with E-state index in [9.17, 15) is 0 Å². The van der Waals surface area contributed by atoms with Gasteiger partial charge in [-0.15, -0.1) is 0 Å². The second-order valence-corrected chi connectivity index (χ2v) is 4.24. The minimum absolute atomic E-state index is 0.338. The lowest BCUT2D eigenvalue weighted by molar-refractivity contribution is 0.294. The molecule has 0 radical (unpaired) electrons.